The molecule has 0 aliphatic carbocycles. The Kier molecular flexibility index (Phi) is 6.58. The Hall–Kier alpha value is -1.96. The van der Waals surface area contributed by atoms with E-state index in [9.17, 15) is 9.59 Å². The molecule has 8 nitrogen and oxygen atoms in total. The third-order valence-electron chi connectivity index (χ3n) is 1.37. The summed E-state index contributed by atoms with van der Waals surface area (Å²) in [7, 11) is 1.50. The summed E-state index contributed by atoms with van der Waals surface area (Å²) in [5.41, 5.74) is 3.94. The van der Waals surface area contributed by atoms with Crippen molar-refractivity contribution in [3.05, 3.63) is 11.8 Å². The van der Waals surface area contributed by atoms with Crippen molar-refractivity contribution in [1.82, 2.24) is 15.5 Å². The molecule has 1 aromatic heterocycles. The van der Waals surface area contributed by atoms with E-state index in [1.165, 1.54) is 7.05 Å². The topological polar surface area (TPSA) is 120 Å². The van der Waals surface area contributed by atoms with Crippen LogP contribution in [0, 0.1) is 0 Å². The van der Waals surface area contributed by atoms with Gasteiger partial charge in [0.25, 0.3) is 5.89 Å². The molecule has 0 aliphatic rings. The quantitative estimate of drug-likeness (QED) is 0.756. The first-order valence-corrected chi connectivity index (χ1v) is 5.23. The molecule has 1 heterocycles. The smallest absolute Gasteiger partial charge is 0.408 e. The summed E-state index contributed by atoms with van der Waals surface area (Å²) in [5, 5.41) is 9.37. The Morgan fingerprint density at radius 2 is 2.06 bits per heavy atom. The number of amides is 1. The highest BCUT2D eigenvalue weighted by Crippen LogP contribution is 2.06. The molecule has 18 heavy (non-hydrogen) atoms. The van der Waals surface area contributed by atoms with Gasteiger partial charge in [-0.3, -0.25) is 4.79 Å². The van der Waals surface area contributed by atoms with Gasteiger partial charge in [-0.2, -0.15) is 0 Å². The molecule has 1 aromatic rings. The van der Waals surface area contributed by atoms with Crippen LogP contribution in [0.25, 0.3) is 0 Å². The maximum absolute atomic E-state index is 11.2. The van der Waals surface area contributed by atoms with Gasteiger partial charge < -0.3 is 20.2 Å². The molecule has 0 spiro atoms. The Balaban J connectivity index is 0.00000137. The lowest BCUT2D eigenvalue weighted by Crippen LogP contribution is -2.32. The Morgan fingerprint density at radius 1 is 1.44 bits per heavy atom. The lowest BCUT2D eigenvalue weighted by Gasteiger charge is -2.19. The van der Waals surface area contributed by atoms with E-state index >= 15 is 0 Å². The molecular weight excluding hydrogens is 240 g/mol. The van der Waals surface area contributed by atoms with Gasteiger partial charge in [-0.15, -0.1) is 10.2 Å². The Morgan fingerprint density at radius 3 is 2.50 bits per heavy atom. The molecule has 0 unspecified atom stereocenters. The summed E-state index contributed by atoms with van der Waals surface area (Å²) >= 11 is 0. The number of aldehydes is 1. The van der Waals surface area contributed by atoms with E-state index in [4.69, 9.17) is 9.15 Å². The first kappa shape index (κ1) is 16.0. The number of ether oxygens (including phenoxy) is 1. The zero-order valence-corrected chi connectivity index (χ0v) is 10.9. The van der Waals surface area contributed by atoms with Crippen LogP contribution in [-0.2, 0) is 11.3 Å². The van der Waals surface area contributed by atoms with Crippen molar-refractivity contribution in [2.75, 3.05) is 7.05 Å². The average Bonchev–Trinajstić information content (AvgIpc) is 2.75. The highest BCUT2D eigenvalue weighted by atomic mass is 16.6. The second kappa shape index (κ2) is 7.38. The van der Waals surface area contributed by atoms with Crippen LogP contribution in [-0.4, -0.2) is 35.2 Å². The van der Waals surface area contributed by atoms with E-state index in [1.54, 1.807) is 20.8 Å². The second-order valence-corrected chi connectivity index (χ2v) is 4.01. The van der Waals surface area contributed by atoms with Gasteiger partial charge in [0.1, 0.15) is 5.60 Å². The molecule has 0 saturated carbocycles. The van der Waals surface area contributed by atoms with E-state index in [-0.39, 0.29) is 18.3 Å². The van der Waals surface area contributed by atoms with Crippen molar-refractivity contribution in [3.8, 4) is 0 Å². The van der Waals surface area contributed by atoms with Crippen molar-refractivity contribution < 1.29 is 18.7 Å². The van der Waals surface area contributed by atoms with E-state index in [2.05, 4.69) is 21.2 Å². The van der Waals surface area contributed by atoms with Crippen LogP contribution in [0.4, 0.5) is 4.79 Å². The minimum atomic E-state index is -0.585. The molecule has 8 heteroatoms. The van der Waals surface area contributed by atoms with Gasteiger partial charge >= 0.3 is 6.09 Å². The third-order valence-corrected chi connectivity index (χ3v) is 1.37. The van der Waals surface area contributed by atoms with Crippen LogP contribution in [0.1, 0.15) is 37.3 Å². The molecule has 1 rings (SSSR count). The normalized spacial score (nSPS) is 10.1. The summed E-state index contributed by atoms with van der Waals surface area (Å²) in [6.45, 7) is 5.28. The predicted molar refractivity (Wildman–Crippen MR) is 62.9 cm³/mol. The number of nitrogens with one attached hydrogen (secondary N) is 1. The number of carbonyl (C=O) groups is 2. The average molecular weight is 258 g/mol. The van der Waals surface area contributed by atoms with Crippen molar-refractivity contribution in [2.45, 2.75) is 32.9 Å². The van der Waals surface area contributed by atoms with Crippen LogP contribution in [0.15, 0.2) is 4.42 Å². The predicted octanol–water partition coefficient (Wildman–Crippen LogP) is 0.482. The lowest BCUT2D eigenvalue weighted by atomic mass is 10.2. The SMILES string of the molecule is CC(C)(C)OC(=O)NCc1nnc(C=O)o1.CN. The van der Waals surface area contributed by atoms with Gasteiger partial charge in [-0.25, -0.2) is 4.79 Å². The van der Waals surface area contributed by atoms with Gasteiger partial charge in [-0.1, -0.05) is 0 Å². The molecule has 0 aliphatic heterocycles. The fraction of sp³-hybridized carbons (Fsp3) is 0.600. The Labute approximate surface area is 105 Å². The number of nitrogens with two attached hydrogens (primary N) is 1. The van der Waals surface area contributed by atoms with Crippen LogP contribution < -0.4 is 11.1 Å². The summed E-state index contributed by atoms with van der Waals surface area (Å²) in [6.07, 6.45) is -0.150. The van der Waals surface area contributed by atoms with Crippen molar-refractivity contribution >= 4 is 12.4 Å². The zero-order chi connectivity index (χ0) is 14.2. The maximum atomic E-state index is 11.2. The molecule has 0 bridgehead atoms. The number of nitrogens with zero attached hydrogens (tertiary/aromatic N) is 2. The van der Waals surface area contributed by atoms with Crippen molar-refractivity contribution in [2.24, 2.45) is 5.73 Å². The number of alkyl carbamates (subject to hydrolysis) is 1. The molecule has 0 fully saturated rings. The summed E-state index contributed by atoms with van der Waals surface area (Å²) in [6, 6.07) is 0. The van der Waals surface area contributed by atoms with Gasteiger partial charge in [0.15, 0.2) is 0 Å². The van der Waals surface area contributed by atoms with Gasteiger partial charge in [-0.05, 0) is 27.8 Å². The molecule has 0 atom stereocenters. The van der Waals surface area contributed by atoms with Gasteiger partial charge in [0.05, 0.1) is 6.54 Å². The highest BCUT2D eigenvalue weighted by molar-refractivity contribution is 5.68. The van der Waals surface area contributed by atoms with Crippen molar-refractivity contribution in [3.63, 3.8) is 0 Å². The van der Waals surface area contributed by atoms with Crippen LogP contribution in [0.3, 0.4) is 0 Å². The van der Waals surface area contributed by atoms with Gasteiger partial charge in [0, 0.05) is 0 Å². The molecule has 0 aromatic carbocycles. The summed E-state index contributed by atoms with van der Waals surface area (Å²) in [4.78, 5) is 21.5. The van der Waals surface area contributed by atoms with Crippen molar-refractivity contribution in [1.29, 1.82) is 0 Å². The molecular formula is C10H18N4O4. The highest BCUT2D eigenvalue weighted by Gasteiger charge is 2.16. The standard InChI is InChI=1S/C9H13N3O4.CH5N/c1-9(2,3)16-8(14)10-4-6-11-12-7(5-13)15-6;1-2/h5H,4H2,1-3H3,(H,10,14);2H2,1H3. The summed E-state index contributed by atoms with van der Waals surface area (Å²) in [5.74, 6) is 0.0222. The third kappa shape index (κ3) is 6.59. The van der Waals surface area contributed by atoms with E-state index in [0.717, 1.165) is 0 Å². The Bertz CT molecular complexity index is 383. The minimum Gasteiger partial charge on any atom is -0.444 e. The maximum Gasteiger partial charge on any atom is 0.408 e. The second-order valence-electron chi connectivity index (χ2n) is 4.01. The van der Waals surface area contributed by atoms with Gasteiger partial charge in [0.2, 0.25) is 12.2 Å². The number of rotatable bonds is 3. The number of aromatic nitrogens is 2. The first-order chi connectivity index (χ1) is 8.40. The van der Waals surface area contributed by atoms with Crippen LogP contribution in [0.2, 0.25) is 0 Å². The number of carbonyl (C=O) groups excluding carboxylic acids is 2. The molecule has 0 radical (unpaired) electrons. The molecule has 0 saturated heterocycles. The number of hydrogen-bond acceptors (Lipinski definition) is 7. The van der Waals surface area contributed by atoms with Crippen LogP contribution >= 0.6 is 0 Å². The number of hydrogen-bond donors (Lipinski definition) is 2. The van der Waals surface area contributed by atoms with E-state index in [1.807, 2.05) is 0 Å². The summed E-state index contributed by atoms with van der Waals surface area (Å²) < 4.78 is 9.84. The fourth-order valence-corrected chi connectivity index (χ4v) is 0.848. The minimum absolute atomic E-state index is 0.0236. The monoisotopic (exact) mass is 258 g/mol. The molecule has 102 valence electrons. The largest absolute Gasteiger partial charge is 0.444 e. The zero-order valence-electron chi connectivity index (χ0n) is 10.9. The van der Waals surface area contributed by atoms with E-state index in [0.29, 0.717) is 6.29 Å². The van der Waals surface area contributed by atoms with Crippen LogP contribution in [0.5, 0.6) is 0 Å². The molecule has 1 amide bonds. The first-order valence-electron chi connectivity index (χ1n) is 5.23. The lowest BCUT2D eigenvalue weighted by molar-refractivity contribution is 0.0519. The fourth-order valence-electron chi connectivity index (χ4n) is 0.848. The molecule has 3 N–H and O–H groups in total. The van der Waals surface area contributed by atoms with E-state index < -0.39 is 11.7 Å².